The molecule has 0 amide bonds. The highest BCUT2D eigenvalue weighted by Gasteiger charge is 2.33. The SMILES string of the molecule is O=P(Oc1ccccc1)(Oc1ccccc1)Oc1ccc(Br)cc1. The summed E-state index contributed by atoms with van der Waals surface area (Å²) in [6.45, 7) is 0. The minimum atomic E-state index is -3.92. The molecule has 122 valence electrons. The molecule has 0 bridgehead atoms. The molecule has 0 atom stereocenters. The smallest absolute Gasteiger partial charge is 0.386 e. The van der Waals surface area contributed by atoms with Gasteiger partial charge in [-0.1, -0.05) is 52.3 Å². The van der Waals surface area contributed by atoms with Crippen LogP contribution in [0.3, 0.4) is 0 Å². The van der Waals surface area contributed by atoms with Crippen molar-refractivity contribution in [2.75, 3.05) is 0 Å². The van der Waals surface area contributed by atoms with Gasteiger partial charge in [-0.15, -0.1) is 0 Å². The molecule has 24 heavy (non-hydrogen) atoms. The maximum absolute atomic E-state index is 13.1. The summed E-state index contributed by atoms with van der Waals surface area (Å²) in [4.78, 5) is 0. The molecule has 3 aromatic rings. The van der Waals surface area contributed by atoms with Crippen molar-refractivity contribution >= 4 is 23.8 Å². The Morgan fingerprint density at radius 1 is 0.583 bits per heavy atom. The lowest BCUT2D eigenvalue weighted by Gasteiger charge is -2.19. The first-order valence-corrected chi connectivity index (χ1v) is 9.43. The third kappa shape index (κ3) is 4.63. The Morgan fingerprint density at radius 3 is 1.38 bits per heavy atom. The molecule has 4 nitrogen and oxygen atoms in total. The van der Waals surface area contributed by atoms with E-state index in [4.69, 9.17) is 13.6 Å². The molecule has 0 radical (unpaired) electrons. The fourth-order valence-electron chi connectivity index (χ4n) is 1.90. The first kappa shape index (κ1) is 16.6. The van der Waals surface area contributed by atoms with Crippen molar-refractivity contribution in [3.63, 3.8) is 0 Å². The van der Waals surface area contributed by atoms with Gasteiger partial charge in [0.05, 0.1) is 0 Å². The molecule has 3 rings (SSSR count). The highest BCUT2D eigenvalue weighted by Crippen LogP contribution is 2.49. The number of phosphoric acid groups is 1. The van der Waals surface area contributed by atoms with Crippen molar-refractivity contribution in [3.8, 4) is 17.2 Å². The predicted molar refractivity (Wildman–Crippen MR) is 96.5 cm³/mol. The van der Waals surface area contributed by atoms with Gasteiger partial charge in [0.1, 0.15) is 17.2 Å². The Labute approximate surface area is 148 Å². The largest absolute Gasteiger partial charge is 0.647 e. The third-order valence-corrected chi connectivity index (χ3v) is 4.78. The molecule has 3 aromatic carbocycles. The van der Waals surface area contributed by atoms with Crippen LogP contribution in [0, 0.1) is 0 Å². The average Bonchev–Trinajstić information content (AvgIpc) is 2.58. The standard InChI is InChI=1S/C18H14BrO4P/c19-15-11-13-18(14-12-15)23-24(20,21-16-7-3-1-4-8-16)22-17-9-5-2-6-10-17/h1-14H. The first-order valence-electron chi connectivity index (χ1n) is 7.17. The molecule has 6 heteroatoms. The van der Waals surface area contributed by atoms with Crippen LogP contribution in [0.5, 0.6) is 17.2 Å². The zero-order valence-electron chi connectivity index (χ0n) is 12.5. The van der Waals surface area contributed by atoms with Gasteiger partial charge in [-0.25, -0.2) is 0 Å². The van der Waals surface area contributed by atoms with Crippen molar-refractivity contribution in [1.82, 2.24) is 0 Å². The summed E-state index contributed by atoms with van der Waals surface area (Å²) in [5.41, 5.74) is 0. The van der Waals surface area contributed by atoms with Gasteiger partial charge >= 0.3 is 7.82 Å². The van der Waals surface area contributed by atoms with Crippen molar-refractivity contribution in [1.29, 1.82) is 0 Å². The lowest BCUT2D eigenvalue weighted by Crippen LogP contribution is -2.07. The van der Waals surface area contributed by atoms with Gasteiger partial charge in [0.15, 0.2) is 0 Å². The van der Waals surface area contributed by atoms with Gasteiger partial charge in [-0.05, 0) is 48.5 Å². The number of halogens is 1. The fourth-order valence-corrected chi connectivity index (χ4v) is 3.42. The van der Waals surface area contributed by atoms with Crippen LogP contribution in [0.15, 0.2) is 89.4 Å². The highest BCUT2D eigenvalue weighted by molar-refractivity contribution is 9.10. The van der Waals surface area contributed by atoms with E-state index in [-0.39, 0.29) is 0 Å². The maximum atomic E-state index is 13.1. The molecule has 0 fully saturated rings. The van der Waals surface area contributed by atoms with E-state index in [9.17, 15) is 4.57 Å². The quantitative estimate of drug-likeness (QED) is 0.466. The molecule has 0 unspecified atom stereocenters. The van der Waals surface area contributed by atoms with Crippen LogP contribution in [0.1, 0.15) is 0 Å². The maximum Gasteiger partial charge on any atom is 0.647 e. The molecule has 0 saturated heterocycles. The van der Waals surface area contributed by atoms with Crippen LogP contribution in [0.4, 0.5) is 0 Å². The van der Waals surface area contributed by atoms with E-state index in [1.807, 2.05) is 12.1 Å². The minimum Gasteiger partial charge on any atom is -0.386 e. The average molecular weight is 405 g/mol. The van der Waals surface area contributed by atoms with Crippen molar-refractivity contribution in [2.45, 2.75) is 0 Å². The molecular formula is C18H14BrO4P. The van der Waals surface area contributed by atoms with Crippen LogP contribution < -0.4 is 13.6 Å². The zero-order valence-corrected chi connectivity index (χ0v) is 15.0. The van der Waals surface area contributed by atoms with E-state index >= 15 is 0 Å². The molecule has 0 aliphatic rings. The van der Waals surface area contributed by atoms with E-state index in [0.29, 0.717) is 17.2 Å². The summed E-state index contributed by atoms with van der Waals surface area (Å²) in [7, 11) is -3.92. The normalized spacial score (nSPS) is 10.9. The summed E-state index contributed by atoms with van der Waals surface area (Å²) >= 11 is 3.35. The van der Waals surface area contributed by atoms with Gasteiger partial charge in [0.25, 0.3) is 0 Å². The number of benzene rings is 3. The predicted octanol–water partition coefficient (Wildman–Crippen LogP) is 6.09. The summed E-state index contributed by atoms with van der Waals surface area (Å²) in [6.07, 6.45) is 0. The molecule has 0 aliphatic carbocycles. The second-order valence-electron chi connectivity index (χ2n) is 4.80. The Hall–Kier alpha value is -2.23. The van der Waals surface area contributed by atoms with Crippen LogP contribution in [0.2, 0.25) is 0 Å². The van der Waals surface area contributed by atoms with E-state index in [1.165, 1.54) is 0 Å². The lowest BCUT2D eigenvalue weighted by atomic mass is 10.3. The van der Waals surface area contributed by atoms with E-state index in [1.54, 1.807) is 72.8 Å². The van der Waals surface area contributed by atoms with Gasteiger partial charge in [-0.2, -0.15) is 4.57 Å². The molecule has 0 heterocycles. The second kappa shape index (κ2) is 7.56. The number of hydrogen-bond acceptors (Lipinski definition) is 4. The molecule has 0 N–H and O–H groups in total. The minimum absolute atomic E-state index is 0.383. The van der Waals surface area contributed by atoms with Gasteiger partial charge in [-0.3, -0.25) is 0 Å². The van der Waals surface area contributed by atoms with Gasteiger partial charge < -0.3 is 13.6 Å². The molecule has 0 aliphatic heterocycles. The summed E-state index contributed by atoms with van der Waals surface area (Å²) in [5.74, 6) is 1.18. The molecule has 0 aromatic heterocycles. The third-order valence-electron chi connectivity index (χ3n) is 2.95. The zero-order chi connectivity index (χ0) is 16.8. The Balaban J connectivity index is 1.87. The van der Waals surface area contributed by atoms with Crippen LogP contribution >= 0.6 is 23.8 Å². The van der Waals surface area contributed by atoms with Crippen LogP contribution in [0.25, 0.3) is 0 Å². The number of phosphoric ester groups is 1. The lowest BCUT2D eigenvalue weighted by molar-refractivity contribution is 0.298. The van der Waals surface area contributed by atoms with Crippen molar-refractivity contribution in [3.05, 3.63) is 89.4 Å². The number of para-hydroxylation sites is 2. The van der Waals surface area contributed by atoms with Crippen molar-refractivity contribution in [2.24, 2.45) is 0 Å². The van der Waals surface area contributed by atoms with E-state index in [2.05, 4.69) is 15.9 Å². The fraction of sp³-hybridized carbons (Fsp3) is 0. The molecule has 0 saturated carbocycles. The summed E-state index contributed by atoms with van der Waals surface area (Å²) in [6, 6.07) is 24.5. The molecule has 0 spiro atoms. The number of hydrogen-bond donors (Lipinski definition) is 0. The topological polar surface area (TPSA) is 44.8 Å². The monoisotopic (exact) mass is 404 g/mol. The Kier molecular flexibility index (Phi) is 5.24. The highest BCUT2D eigenvalue weighted by atomic mass is 79.9. The molecular weight excluding hydrogens is 391 g/mol. The Morgan fingerprint density at radius 2 is 0.958 bits per heavy atom. The van der Waals surface area contributed by atoms with Crippen LogP contribution in [-0.2, 0) is 4.57 Å². The Bertz CT molecular complexity index is 777. The summed E-state index contributed by atoms with van der Waals surface area (Å²) < 4.78 is 30.6. The second-order valence-corrected chi connectivity index (χ2v) is 7.16. The first-order chi connectivity index (χ1) is 11.6. The van der Waals surface area contributed by atoms with Gasteiger partial charge in [0.2, 0.25) is 0 Å². The summed E-state index contributed by atoms with van der Waals surface area (Å²) in [5, 5.41) is 0. The van der Waals surface area contributed by atoms with Crippen molar-refractivity contribution < 1.29 is 18.1 Å². The van der Waals surface area contributed by atoms with Gasteiger partial charge in [0, 0.05) is 4.47 Å². The van der Waals surface area contributed by atoms with E-state index in [0.717, 1.165) is 4.47 Å². The van der Waals surface area contributed by atoms with E-state index < -0.39 is 7.82 Å². The van der Waals surface area contributed by atoms with Crippen LogP contribution in [-0.4, -0.2) is 0 Å². The number of rotatable bonds is 6.